The number of nitrogens with zero attached hydrogens (tertiary/aromatic N) is 1. The number of carboxylic acid groups (broad SMARTS) is 1. The average molecular weight is 199 g/mol. The van der Waals surface area contributed by atoms with E-state index in [2.05, 4.69) is 4.90 Å². The third-order valence-electron chi connectivity index (χ3n) is 3.57. The molecule has 2 aliphatic rings. The molecule has 0 unspecified atom stereocenters. The number of likely N-dealkylation sites (tertiary alicyclic amines) is 1. The first kappa shape index (κ1) is 9.93. The predicted molar refractivity (Wildman–Crippen MR) is 51.2 cm³/mol. The van der Waals surface area contributed by atoms with E-state index in [0.29, 0.717) is 12.8 Å². The SMILES string of the molecule is COC1CC(C(=O)O)(N2CCCC2)C1. The fraction of sp³-hybridized carbons (Fsp3) is 0.900. The number of ether oxygens (including phenoxy) is 1. The van der Waals surface area contributed by atoms with Gasteiger partial charge in [0.15, 0.2) is 0 Å². The first-order valence-electron chi connectivity index (χ1n) is 5.20. The first-order valence-corrected chi connectivity index (χ1v) is 5.20. The summed E-state index contributed by atoms with van der Waals surface area (Å²) in [6, 6.07) is 0. The van der Waals surface area contributed by atoms with Crippen molar-refractivity contribution in [2.75, 3.05) is 20.2 Å². The lowest BCUT2D eigenvalue weighted by Gasteiger charge is -2.49. The summed E-state index contributed by atoms with van der Waals surface area (Å²) in [5, 5.41) is 9.26. The summed E-state index contributed by atoms with van der Waals surface area (Å²) < 4.78 is 5.16. The molecule has 0 radical (unpaired) electrons. The van der Waals surface area contributed by atoms with Crippen LogP contribution in [0.4, 0.5) is 0 Å². The van der Waals surface area contributed by atoms with Crippen LogP contribution in [0.1, 0.15) is 25.7 Å². The number of hydrogen-bond donors (Lipinski definition) is 1. The van der Waals surface area contributed by atoms with Crippen molar-refractivity contribution in [1.82, 2.24) is 4.90 Å². The number of hydrogen-bond acceptors (Lipinski definition) is 3. The highest BCUT2D eigenvalue weighted by molar-refractivity contribution is 5.80. The van der Waals surface area contributed by atoms with Crippen molar-refractivity contribution in [3.63, 3.8) is 0 Å². The molecule has 0 aromatic carbocycles. The fourth-order valence-corrected chi connectivity index (χ4v) is 2.57. The molecule has 80 valence electrons. The lowest BCUT2D eigenvalue weighted by molar-refractivity contribution is -0.169. The highest BCUT2D eigenvalue weighted by Gasteiger charge is 2.55. The van der Waals surface area contributed by atoms with Crippen molar-refractivity contribution in [2.45, 2.75) is 37.3 Å². The minimum Gasteiger partial charge on any atom is -0.480 e. The second kappa shape index (κ2) is 3.51. The van der Waals surface area contributed by atoms with Crippen molar-refractivity contribution >= 4 is 5.97 Å². The molecule has 0 aromatic rings. The van der Waals surface area contributed by atoms with Crippen LogP contribution < -0.4 is 0 Å². The van der Waals surface area contributed by atoms with E-state index in [0.717, 1.165) is 25.9 Å². The Kier molecular flexibility index (Phi) is 2.49. The standard InChI is InChI=1S/C10H17NO3/c1-14-8-6-10(7-8,9(12)13)11-4-2-3-5-11/h8H,2-7H2,1H3,(H,12,13). The molecule has 1 heterocycles. The van der Waals surface area contributed by atoms with E-state index in [1.807, 2.05) is 0 Å². The molecule has 4 nitrogen and oxygen atoms in total. The van der Waals surface area contributed by atoms with Crippen LogP contribution in [-0.2, 0) is 9.53 Å². The summed E-state index contributed by atoms with van der Waals surface area (Å²) in [6.45, 7) is 1.87. The highest BCUT2D eigenvalue weighted by Crippen LogP contribution is 2.41. The van der Waals surface area contributed by atoms with Crippen molar-refractivity contribution in [1.29, 1.82) is 0 Å². The fourth-order valence-electron chi connectivity index (χ4n) is 2.57. The number of rotatable bonds is 3. The molecule has 0 amide bonds. The zero-order chi connectivity index (χ0) is 10.2. The number of methoxy groups -OCH3 is 1. The topological polar surface area (TPSA) is 49.8 Å². The van der Waals surface area contributed by atoms with E-state index >= 15 is 0 Å². The summed E-state index contributed by atoms with van der Waals surface area (Å²) in [6.07, 6.45) is 3.71. The average Bonchev–Trinajstić information content (AvgIpc) is 2.55. The van der Waals surface area contributed by atoms with Gasteiger partial charge in [0.1, 0.15) is 5.54 Å². The molecule has 2 rings (SSSR count). The first-order chi connectivity index (χ1) is 6.69. The Balaban J connectivity index is 2.05. The third-order valence-corrected chi connectivity index (χ3v) is 3.57. The molecule has 0 bridgehead atoms. The van der Waals surface area contributed by atoms with Gasteiger partial charge in [-0.2, -0.15) is 0 Å². The summed E-state index contributed by atoms with van der Waals surface area (Å²) >= 11 is 0. The van der Waals surface area contributed by atoms with E-state index in [4.69, 9.17) is 4.74 Å². The minimum absolute atomic E-state index is 0.145. The molecule has 1 aliphatic carbocycles. The van der Waals surface area contributed by atoms with Gasteiger partial charge in [-0.1, -0.05) is 0 Å². The van der Waals surface area contributed by atoms with Crippen LogP contribution in [0.15, 0.2) is 0 Å². The Bertz CT molecular complexity index is 230. The Labute approximate surface area is 83.8 Å². The van der Waals surface area contributed by atoms with E-state index < -0.39 is 11.5 Å². The van der Waals surface area contributed by atoms with E-state index in [1.165, 1.54) is 0 Å². The highest BCUT2D eigenvalue weighted by atomic mass is 16.5. The zero-order valence-electron chi connectivity index (χ0n) is 8.53. The predicted octanol–water partition coefficient (Wildman–Crippen LogP) is 0.714. The smallest absolute Gasteiger partial charge is 0.324 e. The van der Waals surface area contributed by atoms with Crippen molar-refractivity contribution in [3.8, 4) is 0 Å². The molecule has 0 aromatic heterocycles. The van der Waals surface area contributed by atoms with Gasteiger partial charge in [0, 0.05) is 20.0 Å². The van der Waals surface area contributed by atoms with Gasteiger partial charge in [0.05, 0.1) is 6.10 Å². The summed E-state index contributed by atoms with van der Waals surface area (Å²) in [7, 11) is 1.65. The third kappa shape index (κ3) is 1.33. The lowest BCUT2D eigenvalue weighted by atomic mass is 9.73. The normalized spacial score (nSPS) is 38.2. The van der Waals surface area contributed by atoms with Gasteiger partial charge in [0.2, 0.25) is 0 Å². The lowest BCUT2D eigenvalue weighted by Crippen LogP contribution is -2.63. The monoisotopic (exact) mass is 199 g/mol. The number of carboxylic acids is 1. The van der Waals surface area contributed by atoms with Crippen LogP contribution in [0.25, 0.3) is 0 Å². The van der Waals surface area contributed by atoms with Gasteiger partial charge in [0.25, 0.3) is 0 Å². The van der Waals surface area contributed by atoms with E-state index in [1.54, 1.807) is 7.11 Å². The van der Waals surface area contributed by atoms with Crippen LogP contribution in [-0.4, -0.2) is 47.8 Å². The molecule has 4 heteroatoms. The second-order valence-electron chi connectivity index (χ2n) is 4.30. The van der Waals surface area contributed by atoms with Gasteiger partial charge >= 0.3 is 5.97 Å². The summed E-state index contributed by atoms with van der Waals surface area (Å²) in [5.74, 6) is -0.673. The largest absolute Gasteiger partial charge is 0.480 e. The Hall–Kier alpha value is -0.610. The Morgan fingerprint density at radius 2 is 2.00 bits per heavy atom. The molecule has 14 heavy (non-hydrogen) atoms. The molecule has 1 saturated heterocycles. The van der Waals surface area contributed by atoms with Crippen molar-refractivity contribution in [3.05, 3.63) is 0 Å². The number of carbonyl (C=O) groups is 1. The van der Waals surface area contributed by atoms with Gasteiger partial charge in [-0.15, -0.1) is 0 Å². The molecule has 2 fully saturated rings. The van der Waals surface area contributed by atoms with Gasteiger partial charge < -0.3 is 9.84 Å². The molecule has 1 saturated carbocycles. The molecule has 0 atom stereocenters. The maximum Gasteiger partial charge on any atom is 0.324 e. The molecule has 0 spiro atoms. The number of aliphatic carboxylic acids is 1. The quantitative estimate of drug-likeness (QED) is 0.727. The summed E-state index contributed by atoms with van der Waals surface area (Å²) in [4.78, 5) is 13.4. The second-order valence-corrected chi connectivity index (χ2v) is 4.30. The Morgan fingerprint density at radius 1 is 1.43 bits per heavy atom. The van der Waals surface area contributed by atoms with Gasteiger partial charge in [-0.05, 0) is 25.9 Å². The van der Waals surface area contributed by atoms with Gasteiger partial charge in [-0.25, -0.2) is 0 Å². The molecule has 1 N–H and O–H groups in total. The molecule has 1 aliphatic heterocycles. The van der Waals surface area contributed by atoms with E-state index in [9.17, 15) is 9.90 Å². The van der Waals surface area contributed by atoms with Crippen molar-refractivity contribution in [2.24, 2.45) is 0 Å². The maximum atomic E-state index is 11.3. The summed E-state index contributed by atoms with van der Waals surface area (Å²) in [5.41, 5.74) is -0.600. The molecular weight excluding hydrogens is 182 g/mol. The zero-order valence-corrected chi connectivity index (χ0v) is 8.53. The van der Waals surface area contributed by atoms with E-state index in [-0.39, 0.29) is 6.10 Å². The van der Waals surface area contributed by atoms with Crippen LogP contribution in [0.2, 0.25) is 0 Å². The van der Waals surface area contributed by atoms with Crippen molar-refractivity contribution < 1.29 is 14.6 Å². The molecular formula is C10H17NO3. The van der Waals surface area contributed by atoms with Crippen LogP contribution >= 0.6 is 0 Å². The minimum atomic E-state index is -0.673. The van der Waals surface area contributed by atoms with Crippen LogP contribution in [0, 0.1) is 0 Å². The Morgan fingerprint density at radius 3 is 2.43 bits per heavy atom. The maximum absolute atomic E-state index is 11.3. The van der Waals surface area contributed by atoms with Crippen LogP contribution in [0.3, 0.4) is 0 Å². The van der Waals surface area contributed by atoms with Gasteiger partial charge in [-0.3, -0.25) is 9.69 Å². The van der Waals surface area contributed by atoms with Crippen LogP contribution in [0.5, 0.6) is 0 Å².